The molecular formula is C17H16BrN. The molecule has 0 unspecified atom stereocenters. The zero-order valence-corrected chi connectivity index (χ0v) is 12.7. The van der Waals surface area contributed by atoms with E-state index in [-0.39, 0.29) is 0 Å². The average Bonchev–Trinajstić information content (AvgIpc) is 2.76. The number of hydrogen-bond acceptors (Lipinski definition) is 0. The lowest BCUT2D eigenvalue weighted by Crippen LogP contribution is -2.02. The first-order valence-electron chi connectivity index (χ1n) is 6.44. The van der Waals surface area contributed by atoms with E-state index in [0.717, 1.165) is 11.0 Å². The van der Waals surface area contributed by atoms with Gasteiger partial charge in [0, 0.05) is 22.7 Å². The minimum absolute atomic E-state index is 0.929. The number of rotatable bonds is 2. The summed E-state index contributed by atoms with van der Waals surface area (Å²) in [5, 5.41) is 1.29. The Morgan fingerprint density at radius 2 is 1.74 bits per heavy atom. The highest BCUT2D eigenvalue weighted by molar-refractivity contribution is 9.10. The zero-order valence-electron chi connectivity index (χ0n) is 11.2. The highest BCUT2D eigenvalue weighted by Gasteiger charge is 2.06. The third kappa shape index (κ3) is 2.33. The minimum Gasteiger partial charge on any atom is -0.343 e. The molecule has 19 heavy (non-hydrogen) atoms. The van der Waals surface area contributed by atoms with E-state index in [1.54, 1.807) is 0 Å². The number of fused-ring (bicyclic) bond motifs is 1. The molecule has 0 atom stereocenters. The van der Waals surface area contributed by atoms with Crippen LogP contribution in [0.1, 0.15) is 16.7 Å². The van der Waals surface area contributed by atoms with Crippen LogP contribution in [-0.4, -0.2) is 4.57 Å². The van der Waals surface area contributed by atoms with Gasteiger partial charge in [0.25, 0.3) is 0 Å². The Balaban J connectivity index is 2.08. The van der Waals surface area contributed by atoms with Gasteiger partial charge in [-0.2, -0.15) is 0 Å². The Hall–Kier alpha value is -1.54. The van der Waals surface area contributed by atoms with E-state index in [2.05, 4.69) is 83.0 Å². The third-order valence-corrected chi connectivity index (χ3v) is 4.20. The van der Waals surface area contributed by atoms with Crippen LogP contribution in [0.4, 0.5) is 0 Å². The molecule has 0 aliphatic carbocycles. The molecule has 1 aromatic heterocycles. The molecule has 0 aliphatic rings. The second-order valence-corrected chi connectivity index (χ2v) is 5.93. The van der Waals surface area contributed by atoms with E-state index >= 15 is 0 Å². The molecule has 2 aromatic carbocycles. The molecule has 0 spiro atoms. The van der Waals surface area contributed by atoms with Crippen LogP contribution < -0.4 is 0 Å². The van der Waals surface area contributed by atoms with Gasteiger partial charge in [-0.05, 0) is 54.1 Å². The quantitative estimate of drug-likeness (QED) is 0.622. The first kappa shape index (κ1) is 12.5. The van der Waals surface area contributed by atoms with Crippen LogP contribution in [0.25, 0.3) is 10.9 Å². The molecular weight excluding hydrogens is 298 g/mol. The summed E-state index contributed by atoms with van der Waals surface area (Å²) in [6, 6.07) is 15.1. The summed E-state index contributed by atoms with van der Waals surface area (Å²) >= 11 is 3.55. The van der Waals surface area contributed by atoms with Crippen molar-refractivity contribution in [2.24, 2.45) is 0 Å². The second kappa shape index (κ2) is 4.86. The Morgan fingerprint density at radius 3 is 2.47 bits per heavy atom. The topological polar surface area (TPSA) is 4.93 Å². The molecule has 1 heterocycles. The molecule has 96 valence electrons. The summed E-state index contributed by atoms with van der Waals surface area (Å²) in [6.45, 7) is 5.30. The fourth-order valence-corrected chi connectivity index (χ4v) is 2.91. The molecule has 0 bridgehead atoms. The fraction of sp³-hybridized carbons (Fsp3) is 0.176. The molecule has 0 fully saturated rings. The maximum absolute atomic E-state index is 3.55. The van der Waals surface area contributed by atoms with Gasteiger partial charge in [0.05, 0.1) is 0 Å². The number of nitrogens with zero attached hydrogens (tertiary/aromatic N) is 1. The van der Waals surface area contributed by atoms with Crippen LogP contribution in [0, 0.1) is 13.8 Å². The van der Waals surface area contributed by atoms with Crippen LogP contribution in [0.15, 0.2) is 53.1 Å². The van der Waals surface area contributed by atoms with E-state index < -0.39 is 0 Å². The molecule has 0 radical (unpaired) electrons. The molecule has 0 N–H and O–H groups in total. The van der Waals surface area contributed by atoms with Gasteiger partial charge in [0.1, 0.15) is 0 Å². The van der Waals surface area contributed by atoms with Gasteiger partial charge in [-0.25, -0.2) is 0 Å². The van der Waals surface area contributed by atoms with Gasteiger partial charge in [-0.3, -0.25) is 0 Å². The highest BCUT2D eigenvalue weighted by Crippen LogP contribution is 2.23. The third-order valence-electron chi connectivity index (χ3n) is 3.71. The van der Waals surface area contributed by atoms with Crippen molar-refractivity contribution in [2.75, 3.05) is 0 Å². The van der Waals surface area contributed by atoms with Gasteiger partial charge < -0.3 is 4.57 Å². The normalized spacial score (nSPS) is 11.1. The monoisotopic (exact) mass is 313 g/mol. The maximum atomic E-state index is 3.55. The molecule has 3 rings (SSSR count). The first-order chi connectivity index (χ1) is 9.15. The van der Waals surface area contributed by atoms with E-state index in [4.69, 9.17) is 0 Å². The SMILES string of the molecule is Cc1cccc(C)c1Cn1ccc2ccc(Br)cc21. The van der Waals surface area contributed by atoms with Crippen LogP contribution in [-0.2, 0) is 6.54 Å². The first-order valence-corrected chi connectivity index (χ1v) is 7.24. The Morgan fingerprint density at radius 1 is 1.00 bits per heavy atom. The van der Waals surface area contributed by atoms with E-state index in [1.807, 2.05) is 0 Å². The number of aromatic nitrogens is 1. The van der Waals surface area contributed by atoms with Gasteiger partial charge in [0.2, 0.25) is 0 Å². The lowest BCUT2D eigenvalue weighted by atomic mass is 10.0. The zero-order chi connectivity index (χ0) is 13.4. The minimum atomic E-state index is 0.929. The number of aryl methyl sites for hydroxylation is 2. The van der Waals surface area contributed by atoms with Crippen molar-refractivity contribution < 1.29 is 0 Å². The Bertz CT molecular complexity index is 720. The predicted molar refractivity (Wildman–Crippen MR) is 84.7 cm³/mol. The van der Waals surface area contributed by atoms with E-state index in [0.29, 0.717) is 0 Å². The van der Waals surface area contributed by atoms with Gasteiger partial charge in [-0.15, -0.1) is 0 Å². The molecule has 3 aromatic rings. The van der Waals surface area contributed by atoms with E-state index in [9.17, 15) is 0 Å². The van der Waals surface area contributed by atoms with Crippen LogP contribution in [0.2, 0.25) is 0 Å². The van der Waals surface area contributed by atoms with Crippen molar-refractivity contribution in [3.63, 3.8) is 0 Å². The van der Waals surface area contributed by atoms with Crippen molar-refractivity contribution in [3.05, 3.63) is 69.8 Å². The highest BCUT2D eigenvalue weighted by atomic mass is 79.9. The standard InChI is InChI=1S/C17H16BrN/c1-12-4-3-5-13(2)16(12)11-19-9-8-14-6-7-15(18)10-17(14)19/h3-10H,11H2,1-2H3. The number of benzene rings is 2. The molecule has 2 heteroatoms. The van der Waals surface area contributed by atoms with Crippen LogP contribution in [0.3, 0.4) is 0 Å². The smallest absolute Gasteiger partial charge is 0.0494 e. The summed E-state index contributed by atoms with van der Waals surface area (Å²) in [5.74, 6) is 0. The van der Waals surface area contributed by atoms with Gasteiger partial charge in [0.15, 0.2) is 0 Å². The predicted octanol–water partition coefficient (Wildman–Crippen LogP) is 5.07. The molecule has 0 aliphatic heterocycles. The van der Waals surface area contributed by atoms with Crippen molar-refractivity contribution in [1.29, 1.82) is 0 Å². The van der Waals surface area contributed by atoms with Crippen LogP contribution >= 0.6 is 15.9 Å². The average molecular weight is 314 g/mol. The summed E-state index contributed by atoms with van der Waals surface area (Å²) in [5.41, 5.74) is 5.41. The van der Waals surface area contributed by atoms with Crippen molar-refractivity contribution in [3.8, 4) is 0 Å². The van der Waals surface area contributed by atoms with E-state index in [1.165, 1.54) is 27.6 Å². The summed E-state index contributed by atoms with van der Waals surface area (Å²) in [6.07, 6.45) is 2.17. The van der Waals surface area contributed by atoms with Crippen molar-refractivity contribution >= 4 is 26.8 Å². The van der Waals surface area contributed by atoms with Crippen molar-refractivity contribution in [2.45, 2.75) is 20.4 Å². The van der Waals surface area contributed by atoms with Gasteiger partial charge >= 0.3 is 0 Å². The summed E-state index contributed by atoms with van der Waals surface area (Å²) in [4.78, 5) is 0. The fourth-order valence-electron chi connectivity index (χ4n) is 2.56. The lowest BCUT2D eigenvalue weighted by Gasteiger charge is -2.12. The molecule has 0 saturated carbocycles. The number of hydrogen-bond donors (Lipinski definition) is 0. The lowest BCUT2D eigenvalue weighted by molar-refractivity contribution is 0.823. The maximum Gasteiger partial charge on any atom is 0.0494 e. The summed E-state index contributed by atoms with van der Waals surface area (Å²) < 4.78 is 3.44. The molecule has 1 nitrogen and oxygen atoms in total. The largest absolute Gasteiger partial charge is 0.343 e. The van der Waals surface area contributed by atoms with Crippen molar-refractivity contribution in [1.82, 2.24) is 4.57 Å². The number of halogens is 1. The molecule has 0 amide bonds. The summed E-state index contributed by atoms with van der Waals surface area (Å²) in [7, 11) is 0. The van der Waals surface area contributed by atoms with Gasteiger partial charge in [-0.1, -0.05) is 40.2 Å². The second-order valence-electron chi connectivity index (χ2n) is 5.02. The Labute approximate surface area is 122 Å². The Kier molecular flexibility index (Phi) is 3.19. The van der Waals surface area contributed by atoms with Crippen LogP contribution in [0.5, 0.6) is 0 Å². The molecule has 0 saturated heterocycles.